The van der Waals surface area contributed by atoms with Crippen molar-refractivity contribution in [3.05, 3.63) is 38.9 Å². The molecule has 0 saturated carbocycles. The zero-order chi connectivity index (χ0) is 12.2. The Hall–Kier alpha value is -1.35. The summed E-state index contributed by atoms with van der Waals surface area (Å²) in [5.41, 5.74) is 1.16. The van der Waals surface area contributed by atoms with E-state index >= 15 is 0 Å². The van der Waals surface area contributed by atoms with E-state index in [0.29, 0.717) is 11.7 Å². The number of ether oxygens (including phenoxy) is 1. The maximum atomic E-state index is 12.3. The fourth-order valence-corrected chi connectivity index (χ4v) is 3.47. The highest BCUT2D eigenvalue weighted by Gasteiger charge is 2.31. The Bertz CT molecular complexity index is 657. The van der Waals surface area contributed by atoms with Crippen LogP contribution in [0, 0.1) is 6.92 Å². The predicted molar refractivity (Wildman–Crippen MR) is 71.3 cm³/mol. The van der Waals surface area contributed by atoms with Crippen molar-refractivity contribution in [1.29, 1.82) is 0 Å². The van der Waals surface area contributed by atoms with Crippen LogP contribution in [0.2, 0.25) is 0 Å². The van der Waals surface area contributed by atoms with Crippen LogP contribution in [0.5, 0.6) is 5.75 Å². The van der Waals surface area contributed by atoms with Gasteiger partial charge in [0.05, 0.1) is 4.88 Å². The Morgan fingerprint density at radius 3 is 2.82 bits per heavy atom. The van der Waals surface area contributed by atoms with E-state index in [1.54, 1.807) is 11.3 Å². The second kappa shape index (κ2) is 3.57. The topological polar surface area (TPSA) is 26.3 Å². The van der Waals surface area contributed by atoms with Gasteiger partial charge in [-0.3, -0.25) is 4.79 Å². The molecule has 0 fully saturated rings. The van der Waals surface area contributed by atoms with Gasteiger partial charge in [0.25, 0.3) is 0 Å². The van der Waals surface area contributed by atoms with Gasteiger partial charge < -0.3 is 4.74 Å². The molecule has 1 aliphatic rings. The van der Waals surface area contributed by atoms with E-state index in [-0.39, 0.29) is 11.5 Å². The number of aryl methyl sites for hydroxylation is 1. The maximum absolute atomic E-state index is 12.3. The lowest BCUT2D eigenvalue weighted by Crippen LogP contribution is -2.12. The second-order valence-corrected chi connectivity index (χ2v) is 5.82. The fourth-order valence-electron chi connectivity index (χ4n) is 2.22. The Labute approximate surface area is 104 Å². The van der Waals surface area contributed by atoms with Crippen molar-refractivity contribution < 1.29 is 4.74 Å². The molecule has 0 spiro atoms. The molecule has 88 valence electrons. The molecule has 0 amide bonds. The molecule has 0 bridgehead atoms. The van der Waals surface area contributed by atoms with Gasteiger partial charge in [-0.25, -0.2) is 0 Å². The average Bonchev–Trinajstić information content (AvgIpc) is 2.58. The lowest BCUT2D eigenvalue weighted by atomic mass is 10.1. The van der Waals surface area contributed by atoms with Gasteiger partial charge in [0, 0.05) is 16.0 Å². The first kappa shape index (κ1) is 10.8. The van der Waals surface area contributed by atoms with Crippen LogP contribution < -0.4 is 10.2 Å². The summed E-state index contributed by atoms with van der Waals surface area (Å²) < 4.78 is 6.75. The molecular weight excluding hydrogens is 232 g/mol. The quantitative estimate of drug-likeness (QED) is 0.711. The second-order valence-electron chi connectivity index (χ2n) is 4.74. The molecule has 17 heavy (non-hydrogen) atoms. The molecule has 0 saturated heterocycles. The van der Waals surface area contributed by atoms with Crippen molar-refractivity contribution in [2.24, 2.45) is 0 Å². The van der Waals surface area contributed by atoms with Crippen LogP contribution >= 0.6 is 11.3 Å². The zero-order valence-corrected chi connectivity index (χ0v) is 10.9. The van der Waals surface area contributed by atoms with Gasteiger partial charge in [0.1, 0.15) is 6.10 Å². The molecule has 3 rings (SSSR count). The SMILES string of the molecule is Cc1ccc2sc3c(c(=O)c2c1)OC(C)C3C. The number of hydrogen-bond acceptors (Lipinski definition) is 3. The number of fused-ring (bicyclic) bond motifs is 2. The summed E-state index contributed by atoms with van der Waals surface area (Å²) in [6, 6.07) is 6.03. The Morgan fingerprint density at radius 1 is 1.29 bits per heavy atom. The van der Waals surface area contributed by atoms with Crippen molar-refractivity contribution in [2.45, 2.75) is 32.8 Å². The van der Waals surface area contributed by atoms with Gasteiger partial charge >= 0.3 is 0 Å². The Morgan fingerprint density at radius 2 is 2.06 bits per heavy atom. The number of rotatable bonds is 0. The summed E-state index contributed by atoms with van der Waals surface area (Å²) in [5, 5.41) is 0.787. The van der Waals surface area contributed by atoms with E-state index < -0.39 is 0 Å². The van der Waals surface area contributed by atoms with Gasteiger partial charge in [0.15, 0.2) is 5.75 Å². The molecule has 0 aliphatic carbocycles. The highest BCUT2D eigenvalue weighted by atomic mass is 32.1. The zero-order valence-electron chi connectivity index (χ0n) is 10.1. The molecule has 2 heterocycles. The van der Waals surface area contributed by atoms with E-state index in [1.807, 2.05) is 26.0 Å². The minimum absolute atomic E-state index is 0.0497. The first-order chi connectivity index (χ1) is 8.08. The van der Waals surface area contributed by atoms with E-state index in [1.165, 1.54) is 0 Å². The van der Waals surface area contributed by atoms with Crippen LogP contribution in [0.15, 0.2) is 23.0 Å². The van der Waals surface area contributed by atoms with Gasteiger partial charge in [-0.15, -0.1) is 11.3 Å². The molecule has 1 aromatic heterocycles. The normalized spacial score (nSPS) is 22.5. The molecule has 1 aromatic carbocycles. The van der Waals surface area contributed by atoms with Crippen molar-refractivity contribution in [3.8, 4) is 5.75 Å². The van der Waals surface area contributed by atoms with Gasteiger partial charge in [-0.2, -0.15) is 0 Å². The summed E-state index contributed by atoms with van der Waals surface area (Å²) in [4.78, 5) is 13.4. The average molecular weight is 246 g/mol. The minimum atomic E-state index is 0.0497. The molecule has 2 aromatic rings. The third kappa shape index (κ3) is 1.49. The molecule has 3 heteroatoms. The molecule has 0 radical (unpaired) electrons. The minimum Gasteiger partial charge on any atom is -0.485 e. The first-order valence-corrected chi connectivity index (χ1v) is 6.63. The summed E-state index contributed by atoms with van der Waals surface area (Å²) in [6.07, 6.45) is 0.104. The van der Waals surface area contributed by atoms with E-state index in [0.717, 1.165) is 20.5 Å². The highest BCUT2D eigenvalue weighted by molar-refractivity contribution is 7.18. The van der Waals surface area contributed by atoms with E-state index in [2.05, 4.69) is 13.0 Å². The third-order valence-electron chi connectivity index (χ3n) is 3.45. The largest absolute Gasteiger partial charge is 0.485 e. The van der Waals surface area contributed by atoms with Crippen LogP contribution in [0.1, 0.15) is 30.2 Å². The number of hydrogen-bond donors (Lipinski definition) is 0. The third-order valence-corrected chi connectivity index (χ3v) is 4.80. The summed E-state index contributed by atoms with van der Waals surface area (Å²) in [6.45, 7) is 6.14. The standard InChI is InChI=1S/C14H14O2S/c1-7-4-5-11-10(6-7)12(15)13-14(17-11)8(2)9(3)16-13/h4-6,8-9H,1-3H3. The Kier molecular flexibility index (Phi) is 2.26. The van der Waals surface area contributed by atoms with Gasteiger partial charge in [-0.05, 0) is 26.0 Å². The van der Waals surface area contributed by atoms with Crippen molar-refractivity contribution in [2.75, 3.05) is 0 Å². The lowest BCUT2D eigenvalue weighted by Gasteiger charge is -2.06. The summed E-state index contributed by atoms with van der Waals surface area (Å²) in [7, 11) is 0. The van der Waals surface area contributed by atoms with Crippen molar-refractivity contribution in [1.82, 2.24) is 0 Å². The lowest BCUT2D eigenvalue weighted by molar-refractivity contribution is 0.231. The molecule has 2 nitrogen and oxygen atoms in total. The van der Waals surface area contributed by atoms with E-state index in [4.69, 9.17) is 4.74 Å². The summed E-state index contributed by atoms with van der Waals surface area (Å²) >= 11 is 1.69. The smallest absolute Gasteiger partial charge is 0.230 e. The van der Waals surface area contributed by atoms with Crippen LogP contribution in [0.4, 0.5) is 0 Å². The maximum Gasteiger partial charge on any atom is 0.230 e. The van der Waals surface area contributed by atoms with Crippen molar-refractivity contribution in [3.63, 3.8) is 0 Å². The fraction of sp³-hybridized carbons (Fsp3) is 0.357. The van der Waals surface area contributed by atoms with Crippen LogP contribution in [0.3, 0.4) is 0 Å². The van der Waals surface area contributed by atoms with Crippen LogP contribution in [-0.4, -0.2) is 6.10 Å². The molecule has 2 unspecified atom stereocenters. The van der Waals surface area contributed by atoms with Gasteiger partial charge in [0.2, 0.25) is 5.43 Å². The molecular formula is C14H14O2S. The molecule has 0 N–H and O–H groups in total. The van der Waals surface area contributed by atoms with Gasteiger partial charge in [-0.1, -0.05) is 18.6 Å². The Balaban J connectivity index is 2.39. The predicted octanol–water partition coefficient (Wildman–Crippen LogP) is 3.45. The monoisotopic (exact) mass is 246 g/mol. The van der Waals surface area contributed by atoms with Crippen LogP contribution in [-0.2, 0) is 0 Å². The van der Waals surface area contributed by atoms with Crippen molar-refractivity contribution >= 4 is 21.4 Å². The summed E-state index contributed by atoms with van der Waals surface area (Å²) in [5.74, 6) is 0.890. The first-order valence-electron chi connectivity index (χ1n) is 5.82. The highest BCUT2D eigenvalue weighted by Crippen LogP contribution is 2.40. The van der Waals surface area contributed by atoms with E-state index in [9.17, 15) is 4.79 Å². The van der Waals surface area contributed by atoms with Crippen LogP contribution in [0.25, 0.3) is 10.1 Å². The molecule has 1 aliphatic heterocycles. The number of benzene rings is 1. The molecule has 2 atom stereocenters.